The molecule has 4 rings (SSSR count). The normalized spacial score (nSPS) is 16.4. The Balaban J connectivity index is 1.55. The van der Waals surface area contributed by atoms with Gasteiger partial charge in [0, 0.05) is 30.3 Å². The van der Waals surface area contributed by atoms with Crippen LogP contribution in [0.3, 0.4) is 0 Å². The van der Waals surface area contributed by atoms with Crippen molar-refractivity contribution in [3.8, 4) is 0 Å². The van der Waals surface area contributed by atoms with Crippen LogP contribution in [0.1, 0.15) is 23.3 Å². The number of carbonyl (C=O) groups is 2. The summed E-state index contributed by atoms with van der Waals surface area (Å²) in [6, 6.07) is 6.35. The van der Waals surface area contributed by atoms with Gasteiger partial charge in [0.1, 0.15) is 5.76 Å². The molecule has 2 aliphatic heterocycles. The van der Waals surface area contributed by atoms with Crippen molar-refractivity contribution in [3.05, 3.63) is 53.8 Å². The molecule has 8 nitrogen and oxygen atoms in total. The fraction of sp³-hybridized carbons (Fsp3) is 0.222. The molecule has 1 aromatic heterocycles. The third-order valence-corrected chi connectivity index (χ3v) is 6.39. The standard InChI is InChI=1S/C18H17N3O5S/c1-2-16(22)20-18-8-12-9-21(10-15(12)26-18)27(24,25)13-4-5-14-11(7-13)3-6-17(23)19-14/h2,4-5,7-8H,1,3,6,9-10H2,(H,19,23)(H,20,22). The van der Waals surface area contributed by atoms with Crippen molar-refractivity contribution in [2.45, 2.75) is 30.8 Å². The summed E-state index contributed by atoms with van der Waals surface area (Å²) in [5.74, 6) is 0.309. The summed E-state index contributed by atoms with van der Waals surface area (Å²) >= 11 is 0. The van der Waals surface area contributed by atoms with Crippen LogP contribution in [0.2, 0.25) is 0 Å². The van der Waals surface area contributed by atoms with Crippen molar-refractivity contribution in [1.29, 1.82) is 0 Å². The minimum atomic E-state index is -3.71. The van der Waals surface area contributed by atoms with Gasteiger partial charge in [-0.25, -0.2) is 8.42 Å². The quantitative estimate of drug-likeness (QED) is 0.780. The maximum Gasteiger partial charge on any atom is 0.250 e. The van der Waals surface area contributed by atoms with Gasteiger partial charge in [-0.3, -0.25) is 14.9 Å². The number of carbonyl (C=O) groups excluding carboxylic acids is 2. The van der Waals surface area contributed by atoms with E-state index in [-0.39, 0.29) is 29.8 Å². The number of anilines is 2. The summed E-state index contributed by atoms with van der Waals surface area (Å²) < 4.78 is 32.8. The van der Waals surface area contributed by atoms with E-state index in [1.54, 1.807) is 18.2 Å². The summed E-state index contributed by atoms with van der Waals surface area (Å²) in [6.07, 6.45) is 1.98. The van der Waals surface area contributed by atoms with Gasteiger partial charge in [-0.05, 0) is 36.3 Å². The molecule has 0 saturated heterocycles. The van der Waals surface area contributed by atoms with Gasteiger partial charge >= 0.3 is 0 Å². The number of nitrogens with one attached hydrogen (secondary N) is 2. The Bertz CT molecular complexity index is 1050. The van der Waals surface area contributed by atoms with E-state index < -0.39 is 15.9 Å². The highest BCUT2D eigenvalue weighted by atomic mass is 32.2. The van der Waals surface area contributed by atoms with E-state index in [0.717, 1.165) is 11.6 Å². The molecule has 2 amide bonds. The highest BCUT2D eigenvalue weighted by Crippen LogP contribution is 2.34. The van der Waals surface area contributed by atoms with Crippen molar-refractivity contribution in [1.82, 2.24) is 4.31 Å². The monoisotopic (exact) mass is 387 g/mol. The molecule has 0 atom stereocenters. The highest BCUT2D eigenvalue weighted by molar-refractivity contribution is 7.89. The molecule has 140 valence electrons. The predicted octanol–water partition coefficient (Wildman–Crippen LogP) is 1.99. The number of hydrogen-bond donors (Lipinski definition) is 2. The summed E-state index contributed by atoms with van der Waals surface area (Å²) in [6.45, 7) is 3.63. The number of furan rings is 1. The Morgan fingerprint density at radius 2 is 2.04 bits per heavy atom. The highest BCUT2D eigenvalue weighted by Gasteiger charge is 2.34. The molecule has 3 heterocycles. The lowest BCUT2D eigenvalue weighted by Gasteiger charge is -2.20. The molecule has 0 radical (unpaired) electrons. The summed E-state index contributed by atoms with van der Waals surface area (Å²) in [5, 5.41) is 5.26. The Hall–Kier alpha value is -2.91. The zero-order valence-corrected chi connectivity index (χ0v) is 15.1. The number of fused-ring (bicyclic) bond motifs is 2. The minimum absolute atomic E-state index is 0.0680. The van der Waals surface area contributed by atoms with Gasteiger partial charge in [-0.15, -0.1) is 0 Å². The Morgan fingerprint density at radius 1 is 1.22 bits per heavy atom. The van der Waals surface area contributed by atoms with E-state index in [1.165, 1.54) is 10.4 Å². The molecule has 2 aromatic rings. The molecule has 0 spiro atoms. The number of hydrogen-bond acceptors (Lipinski definition) is 5. The molecule has 1 aromatic carbocycles. The lowest BCUT2D eigenvalue weighted by Crippen LogP contribution is -2.26. The lowest BCUT2D eigenvalue weighted by atomic mass is 10.0. The first-order chi connectivity index (χ1) is 12.9. The van der Waals surface area contributed by atoms with Crippen molar-refractivity contribution in [2.75, 3.05) is 10.6 Å². The number of sulfonamides is 1. The van der Waals surface area contributed by atoms with Crippen LogP contribution >= 0.6 is 0 Å². The number of aryl methyl sites for hydroxylation is 1. The number of rotatable bonds is 4. The average Bonchev–Trinajstić information content (AvgIpc) is 3.20. The van der Waals surface area contributed by atoms with Crippen LogP contribution in [-0.2, 0) is 39.1 Å². The number of amides is 2. The molecule has 0 fully saturated rings. The predicted molar refractivity (Wildman–Crippen MR) is 97.4 cm³/mol. The SMILES string of the molecule is C=CC(=O)Nc1cc2c(o1)CN(S(=O)(=O)c1ccc3c(c1)CCC(=O)N3)C2. The van der Waals surface area contributed by atoms with Crippen LogP contribution in [0.4, 0.5) is 11.6 Å². The molecule has 0 unspecified atom stereocenters. The fourth-order valence-corrected chi connectivity index (χ4v) is 4.64. The fourth-order valence-electron chi connectivity index (χ4n) is 3.21. The van der Waals surface area contributed by atoms with E-state index >= 15 is 0 Å². The zero-order chi connectivity index (χ0) is 19.2. The molecule has 0 bridgehead atoms. The molecule has 2 N–H and O–H groups in total. The number of nitrogens with zero attached hydrogens (tertiary/aromatic N) is 1. The van der Waals surface area contributed by atoms with E-state index in [0.29, 0.717) is 29.9 Å². The van der Waals surface area contributed by atoms with Gasteiger partial charge in [0.25, 0.3) is 0 Å². The first-order valence-corrected chi connectivity index (χ1v) is 9.79. The van der Waals surface area contributed by atoms with Crippen molar-refractivity contribution < 1.29 is 22.4 Å². The van der Waals surface area contributed by atoms with Gasteiger partial charge in [0.05, 0.1) is 11.4 Å². The first-order valence-electron chi connectivity index (χ1n) is 8.35. The van der Waals surface area contributed by atoms with Crippen LogP contribution < -0.4 is 10.6 Å². The van der Waals surface area contributed by atoms with Gasteiger partial charge in [-0.2, -0.15) is 4.31 Å². The third-order valence-electron chi connectivity index (χ3n) is 4.61. The lowest BCUT2D eigenvalue weighted by molar-refractivity contribution is -0.116. The van der Waals surface area contributed by atoms with Crippen LogP contribution in [0.5, 0.6) is 0 Å². The Labute approximate surface area is 155 Å². The summed E-state index contributed by atoms with van der Waals surface area (Å²) in [4.78, 5) is 23.0. The Kier molecular flexibility index (Phi) is 4.12. The molecule has 0 aliphatic carbocycles. The van der Waals surface area contributed by atoms with Crippen molar-refractivity contribution in [2.24, 2.45) is 0 Å². The second-order valence-electron chi connectivity index (χ2n) is 6.39. The van der Waals surface area contributed by atoms with Crippen LogP contribution in [-0.4, -0.2) is 24.5 Å². The van der Waals surface area contributed by atoms with Gasteiger partial charge < -0.3 is 9.73 Å². The molecule has 27 heavy (non-hydrogen) atoms. The van der Waals surface area contributed by atoms with Gasteiger partial charge in [-0.1, -0.05) is 6.58 Å². The van der Waals surface area contributed by atoms with Gasteiger partial charge in [0.2, 0.25) is 21.8 Å². The summed E-state index contributed by atoms with van der Waals surface area (Å²) in [5.41, 5.74) is 2.17. The number of benzene rings is 1. The third kappa shape index (κ3) is 3.15. The summed E-state index contributed by atoms with van der Waals surface area (Å²) in [7, 11) is -3.71. The molecule has 9 heteroatoms. The van der Waals surface area contributed by atoms with Crippen molar-refractivity contribution >= 4 is 33.4 Å². The minimum Gasteiger partial charge on any atom is -0.444 e. The van der Waals surface area contributed by atoms with E-state index in [9.17, 15) is 18.0 Å². The average molecular weight is 387 g/mol. The first kappa shape index (κ1) is 17.5. The topological polar surface area (TPSA) is 109 Å². The second kappa shape index (κ2) is 6.36. The van der Waals surface area contributed by atoms with E-state index in [1.807, 2.05) is 0 Å². The largest absolute Gasteiger partial charge is 0.444 e. The molecule has 0 saturated carbocycles. The van der Waals surface area contributed by atoms with Gasteiger partial charge in [0.15, 0.2) is 5.88 Å². The van der Waals surface area contributed by atoms with Crippen LogP contribution in [0, 0.1) is 0 Å². The Morgan fingerprint density at radius 3 is 2.78 bits per heavy atom. The molecule has 2 aliphatic rings. The smallest absolute Gasteiger partial charge is 0.250 e. The maximum atomic E-state index is 13.0. The second-order valence-corrected chi connectivity index (χ2v) is 8.33. The maximum absolute atomic E-state index is 13.0. The van der Waals surface area contributed by atoms with E-state index in [2.05, 4.69) is 17.2 Å². The van der Waals surface area contributed by atoms with Crippen molar-refractivity contribution in [3.63, 3.8) is 0 Å². The molecular weight excluding hydrogens is 370 g/mol. The van der Waals surface area contributed by atoms with Crippen LogP contribution in [0.15, 0.2) is 46.2 Å². The van der Waals surface area contributed by atoms with Crippen LogP contribution in [0.25, 0.3) is 0 Å². The molecular formula is C18H17N3O5S. The van der Waals surface area contributed by atoms with E-state index in [4.69, 9.17) is 4.42 Å². The zero-order valence-electron chi connectivity index (χ0n) is 14.3.